The van der Waals surface area contributed by atoms with Crippen molar-refractivity contribution in [1.29, 1.82) is 0 Å². The van der Waals surface area contributed by atoms with Gasteiger partial charge in [0, 0.05) is 0 Å². The van der Waals surface area contributed by atoms with E-state index in [1.807, 2.05) is 18.2 Å². The van der Waals surface area contributed by atoms with Crippen molar-refractivity contribution < 1.29 is 0 Å². The van der Waals surface area contributed by atoms with Gasteiger partial charge >= 0.3 is 0 Å². The Balaban J connectivity index is 2.27. The summed E-state index contributed by atoms with van der Waals surface area (Å²) in [7, 11) is 0. The highest BCUT2D eigenvalue weighted by molar-refractivity contribution is 5.89. The van der Waals surface area contributed by atoms with Gasteiger partial charge in [0.15, 0.2) is 0 Å². The molecule has 0 saturated carbocycles. The van der Waals surface area contributed by atoms with E-state index < -0.39 is 0 Å². The highest BCUT2D eigenvalue weighted by Gasteiger charge is 2.10. The molecule has 0 radical (unpaired) electrons. The predicted octanol–water partition coefficient (Wildman–Crippen LogP) is 6.31. The standard InChI is InChI=1S/C22H18/c1-3-17-13-10-16-21(19(17)4-2)22-15-9-8-14-20(22)18-11-6-5-7-12-18/h3-16H,1-2H2. The van der Waals surface area contributed by atoms with Crippen LogP contribution in [0.15, 0.2) is 86.0 Å². The minimum atomic E-state index is 1.11. The molecule has 3 rings (SSSR count). The molecular weight excluding hydrogens is 264 g/mol. The quantitative estimate of drug-likeness (QED) is 0.526. The first-order valence-corrected chi connectivity index (χ1v) is 7.38. The van der Waals surface area contributed by atoms with Crippen molar-refractivity contribution in [3.8, 4) is 22.3 Å². The van der Waals surface area contributed by atoms with E-state index >= 15 is 0 Å². The SMILES string of the molecule is C=Cc1cccc(-c2ccccc2-c2ccccc2)c1C=C. The molecule has 0 nitrogen and oxygen atoms in total. The largest absolute Gasteiger partial charge is 0.0984 e. The predicted molar refractivity (Wildman–Crippen MR) is 97.5 cm³/mol. The lowest BCUT2D eigenvalue weighted by molar-refractivity contribution is 1.55. The van der Waals surface area contributed by atoms with Crippen molar-refractivity contribution in [2.45, 2.75) is 0 Å². The fourth-order valence-electron chi connectivity index (χ4n) is 2.81. The van der Waals surface area contributed by atoms with E-state index in [2.05, 4.69) is 79.9 Å². The third-order valence-corrected chi connectivity index (χ3v) is 3.87. The van der Waals surface area contributed by atoms with Crippen LogP contribution in [0.5, 0.6) is 0 Å². The zero-order chi connectivity index (χ0) is 15.4. The minimum Gasteiger partial charge on any atom is -0.0984 e. The Morgan fingerprint density at radius 1 is 0.545 bits per heavy atom. The average molecular weight is 282 g/mol. The molecule has 0 N–H and O–H groups in total. The first-order chi connectivity index (χ1) is 10.8. The molecule has 0 aliphatic carbocycles. The van der Waals surface area contributed by atoms with Gasteiger partial charge in [0.05, 0.1) is 0 Å². The molecule has 0 saturated heterocycles. The molecule has 0 fully saturated rings. The average Bonchev–Trinajstić information content (AvgIpc) is 2.61. The van der Waals surface area contributed by atoms with E-state index in [0.717, 1.165) is 11.1 Å². The molecule has 0 unspecified atom stereocenters. The highest BCUT2D eigenvalue weighted by Crippen LogP contribution is 2.35. The zero-order valence-electron chi connectivity index (χ0n) is 12.5. The van der Waals surface area contributed by atoms with E-state index in [-0.39, 0.29) is 0 Å². The molecule has 3 aromatic rings. The van der Waals surface area contributed by atoms with Crippen LogP contribution in [0.3, 0.4) is 0 Å². The van der Waals surface area contributed by atoms with Crippen LogP contribution in [-0.4, -0.2) is 0 Å². The smallest absolute Gasteiger partial charge is 0.00992 e. The van der Waals surface area contributed by atoms with Gasteiger partial charge in [0.2, 0.25) is 0 Å². The molecule has 0 heteroatoms. The van der Waals surface area contributed by atoms with Crippen LogP contribution in [0.25, 0.3) is 34.4 Å². The minimum absolute atomic E-state index is 1.11. The Labute approximate surface area is 132 Å². The van der Waals surface area contributed by atoms with Gasteiger partial charge in [-0.1, -0.05) is 98.1 Å². The van der Waals surface area contributed by atoms with Gasteiger partial charge in [-0.15, -0.1) is 0 Å². The van der Waals surface area contributed by atoms with Crippen molar-refractivity contribution in [2.24, 2.45) is 0 Å². The zero-order valence-corrected chi connectivity index (χ0v) is 12.5. The maximum atomic E-state index is 3.98. The van der Waals surface area contributed by atoms with Crippen molar-refractivity contribution >= 4 is 12.2 Å². The maximum Gasteiger partial charge on any atom is -0.00992 e. The normalized spacial score (nSPS) is 10.2. The molecule has 22 heavy (non-hydrogen) atoms. The molecule has 0 bridgehead atoms. The molecule has 0 spiro atoms. The summed E-state index contributed by atoms with van der Waals surface area (Å²) in [5.41, 5.74) is 7.08. The van der Waals surface area contributed by atoms with E-state index in [1.54, 1.807) is 0 Å². The number of benzene rings is 3. The van der Waals surface area contributed by atoms with E-state index in [1.165, 1.54) is 22.3 Å². The number of hydrogen-bond acceptors (Lipinski definition) is 0. The molecular formula is C22H18. The lowest BCUT2D eigenvalue weighted by Crippen LogP contribution is -1.90. The van der Waals surface area contributed by atoms with Gasteiger partial charge < -0.3 is 0 Å². The first kappa shape index (κ1) is 14.1. The second-order valence-electron chi connectivity index (χ2n) is 5.13. The third kappa shape index (κ3) is 2.51. The van der Waals surface area contributed by atoms with Crippen LogP contribution in [0.1, 0.15) is 11.1 Å². The van der Waals surface area contributed by atoms with Gasteiger partial charge in [0.25, 0.3) is 0 Å². The summed E-state index contributed by atoms with van der Waals surface area (Å²) in [6.45, 7) is 7.89. The first-order valence-electron chi connectivity index (χ1n) is 7.38. The van der Waals surface area contributed by atoms with Crippen LogP contribution in [-0.2, 0) is 0 Å². The van der Waals surface area contributed by atoms with Gasteiger partial charge in [-0.2, -0.15) is 0 Å². The monoisotopic (exact) mass is 282 g/mol. The molecule has 0 aliphatic rings. The molecule has 3 aromatic carbocycles. The topological polar surface area (TPSA) is 0 Å². The van der Waals surface area contributed by atoms with E-state index in [4.69, 9.17) is 0 Å². The Kier molecular flexibility index (Phi) is 4.02. The van der Waals surface area contributed by atoms with Crippen LogP contribution in [0.4, 0.5) is 0 Å². The van der Waals surface area contributed by atoms with Crippen LogP contribution in [0, 0.1) is 0 Å². The number of rotatable bonds is 4. The lowest BCUT2D eigenvalue weighted by atomic mass is 9.90. The lowest BCUT2D eigenvalue weighted by Gasteiger charge is -2.14. The molecule has 0 aromatic heterocycles. The van der Waals surface area contributed by atoms with Gasteiger partial charge in [-0.25, -0.2) is 0 Å². The molecule has 0 heterocycles. The second kappa shape index (κ2) is 6.28. The van der Waals surface area contributed by atoms with Gasteiger partial charge in [-0.3, -0.25) is 0 Å². The molecule has 0 atom stereocenters. The fourth-order valence-corrected chi connectivity index (χ4v) is 2.81. The Bertz CT molecular complexity index is 810. The van der Waals surface area contributed by atoms with Crippen LogP contribution >= 0.6 is 0 Å². The Hall–Kier alpha value is -2.86. The Morgan fingerprint density at radius 2 is 1.18 bits per heavy atom. The van der Waals surface area contributed by atoms with Crippen molar-refractivity contribution in [3.63, 3.8) is 0 Å². The van der Waals surface area contributed by atoms with Crippen molar-refractivity contribution in [1.82, 2.24) is 0 Å². The van der Waals surface area contributed by atoms with Crippen molar-refractivity contribution in [2.75, 3.05) is 0 Å². The van der Waals surface area contributed by atoms with E-state index in [9.17, 15) is 0 Å². The summed E-state index contributed by atoms with van der Waals surface area (Å²) < 4.78 is 0. The maximum absolute atomic E-state index is 3.98. The molecule has 0 aliphatic heterocycles. The summed E-state index contributed by atoms with van der Waals surface area (Å²) in [6, 6.07) is 25.2. The fraction of sp³-hybridized carbons (Fsp3) is 0. The van der Waals surface area contributed by atoms with Crippen molar-refractivity contribution in [3.05, 3.63) is 97.1 Å². The summed E-state index contributed by atoms with van der Waals surface area (Å²) in [4.78, 5) is 0. The number of hydrogen-bond donors (Lipinski definition) is 0. The molecule has 106 valence electrons. The van der Waals surface area contributed by atoms with E-state index in [0.29, 0.717) is 0 Å². The summed E-state index contributed by atoms with van der Waals surface area (Å²) in [5.74, 6) is 0. The Morgan fingerprint density at radius 3 is 1.86 bits per heavy atom. The summed E-state index contributed by atoms with van der Waals surface area (Å²) in [5, 5.41) is 0. The second-order valence-corrected chi connectivity index (χ2v) is 5.13. The summed E-state index contributed by atoms with van der Waals surface area (Å²) in [6.07, 6.45) is 3.79. The third-order valence-electron chi connectivity index (χ3n) is 3.87. The van der Waals surface area contributed by atoms with Crippen LogP contribution in [0.2, 0.25) is 0 Å². The summed E-state index contributed by atoms with van der Waals surface area (Å²) >= 11 is 0. The van der Waals surface area contributed by atoms with Gasteiger partial charge in [0.1, 0.15) is 0 Å². The highest BCUT2D eigenvalue weighted by atomic mass is 14.1. The van der Waals surface area contributed by atoms with Crippen LogP contribution < -0.4 is 0 Å². The van der Waals surface area contributed by atoms with Gasteiger partial charge in [-0.05, 0) is 33.4 Å². The molecule has 0 amide bonds.